The Hall–Kier alpha value is -3.22. The van der Waals surface area contributed by atoms with Crippen molar-refractivity contribution in [1.29, 1.82) is 0 Å². The van der Waals surface area contributed by atoms with Crippen molar-refractivity contribution in [1.82, 2.24) is 5.32 Å². The molecule has 0 radical (unpaired) electrons. The number of carboxylic acid groups (broad SMARTS) is 1. The zero-order valence-electron chi connectivity index (χ0n) is 15.5. The summed E-state index contributed by atoms with van der Waals surface area (Å²) >= 11 is 0. The molecule has 0 heterocycles. The standard InChI is InChI=1S/C20H23NO6/c1-13(17-11-16(25-2)8-9-18(17)26-3)21-19(22)12-27-15-6-4-14(5-7-15)10-20(23)24/h4-9,11,13H,10,12H2,1-3H3,(H,21,22)(H,23,24). The highest BCUT2D eigenvalue weighted by Gasteiger charge is 2.15. The van der Waals surface area contributed by atoms with Gasteiger partial charge in [0.15, 0.2) is 6.61 Å². The minimum atomic E-state index is -0.898. The van der Waals surface area contributed by atoms with E-state index in [1.165, 1.54) is 0 Å². The molecule has 7 nitrogen and oxygen atoms in total. The topological polar surface area (TPSA) is 94.1 Å². The van der Waals surface area contributed by atoms with Crippen LogP contribution in [0.5, 0.6) is 17.2 Å². The molecule has 1 atom stereocenters. The minimum absolute atomic E-state index is 0.0549. The Kier molecular flexibility index (Phi) is 7.05. The van der Waals surface area contributed by atoms with Crippen LogP contribution in [0, 0.1) is 0 Å². The third-order valence-corrected chi connectivity index (χ3v) is 3.93. The zero-order valence-corrected chi connectivity index (χ0v) is 15.5. The number of methoxy groups -OCH3 is 2. The van der Waals surface area contributed by atoms with Gasteiger partial charge in [-0.15, -0.1) is 0 Å². The highest BCUT2D eigenvalue weighted by Crippen LogP contribution is 2.29. The lowest BCUT2D eigenvalue weighted by atomic mass is 10.1. The summed E-state index contributed by atoms with van der Waals surface area (Å²) in [7, 11) is 3.14. The number of carboxylic acids is 1. The van der Waals surface area contributed by atoms with Crippen molar-refractivity contribution >= 4 is 11.9 Å². The Labute approximate surface area is 157 Å². The van der Waals surface area contributed by atoms with E-state index in [2.05, 4.69) is 5.32 Å². The van der Waals surface area contributed by atoms with Crippen LogP contribution in [0.15, 0.2) is 42.5 Å². The largest absolute Gasteiger partial charge is 0.497 e. The summed E-state index contributed by atoms with van der Waals surface area (Å²) in [6, 6.07) is 11.7. The van der Waals surface area contributed by atoms with Gasteiger partial charge in [0.05, 0.1) is 26.7 Å². The average Bonchev–Trinajstić information content (AvgIpc) is 2.66. The molecule has 2 aromatic rings. The molecule has 0 saturated heterocycles. The maximum Gasteiger partial charge on any atom is 0.307 e. The van der Waals surface area contributed by atoms with E-state index in [0.717, 1.165) is 5.56 Å². The summed E-state index contributed by atoms with van der Waals surface area (Å²) in [4.78, 5) is 22.9. The molecule has 7 heteroatoms. The molecular formula is C20H23NO6. The summed E-state index contributed by atoms with van der Waals surface area (Å²) in [5.41, 5.74) is 1.46. The van der Waals surface area contributed by atoms with Gasteiger partial charge in [0, 0.05) is 5.56 Å². The molecule has 1 unspecified atom stereocenters. The molecule has 0 fully saturated rings. The maximum atomic E-state index is 12.2. The molecule has 2 N–H and O–H groups in total. The lowest BCUT2D eigenvalue weighted by Crippen LogP contribution is -2.31. The number of amides is 1. The van der Waals surface area contributed by atoms with E-state index in [1.807, 2.05) is 13.0 Å². The van der Waals surface area contributed by atoms with Crippen molar-refractivity contribution < 1.29 is 28.9 Å². The van der Waals surface area contributed by atoms with Gasteiger partial charge in [0.25, 0.3) is 5.91 Å². The van der Waals surface area contributed by atoms with E-state index in [9.17, 15) is 9.59 Å². The Bertz CT molecular complexity index is 788. The van der Waals surface area contributed by atoms with Gasteiger partial charge in [-0.1, -0.05) is 12.1 Å². The van der Waals surface area contributed by atoms with E-state index >= 15 is 0 Å². The SMILES string of the molecule is COc1ccc(OC)c(C(C)NC(=O)COc2ccc(CC(=O)O)cc2)c1. The second-order valence-corrected chi connectivity index (χ2v) is 5.90. The van der Waals surface area contributed by atoms with Gasteiger partial charge in [-0.2, -0.15) is 0 Å². The number of hydrogen-bond donors (Lipinski definition) is 2. The van der Waals surface area contributed by atoms with Crippen molar-refractivity contribution in [3.05, 3.63) is 53.6 Å². The van der Waals surface area contributed by atoms with Crippen molar-refractivity contribution in [2.45, 2.75) is 19.4 Å². The fourth-order valence-electron chi connectivity index (χ4n) is 2.57. The molecule has 0 spiro atoms. The molecule has 0 aliphatic carbocycles. The molecule has 0 saturated carbocycles. The summed E-state index contributed by atoms with van der Waals surface area (Å²) in [5, 5.41) is 11.6. The van der Waals surface area contributed by atoms with Crippen molar-refractivity contribution in [3.63, 3.8) is 0 Å². The van der Waals surface area contributed by atoms with Gasteiger partial charge in [-0.05, 0) is 42.8 Å². The fraction of sp³-hybridized carbons (Fsp3) is 0.300. The van der Waals surface area contributed by atoms with Crippen LogP contribution in [0.1, 0.15) is 24.1 Å². The number of carbonyl (C=O) groups is 2. The summed E-state index contributed by atoms with van der Waals surface area (Å²) in [5.74, 6) is 0.626. The number of ether oxygens (including phenoxy) is 3. The molecule has 27 heavy (non-hydrogen) atoms. The normalized spacial score (nSPS) is 11.4. The van der Waals surface area contributed by atoms with E-state index in [1.54, 1.807) is 50.6 Å². The van der Waals surface area contributed by atoms with Gasteiger partial charge >= 0.3 is 5.97 Å². The molecule has 0 aliphatic rings. The molecule has 0 bridgehead atoms. The molecule has 144 valence electrons. The first-order valence-corrected chi connectivity index (χ1v) is 8.37. The average molecular weight is 373 g/mol. The van der Waals surface area contributed by atoms with Crippen LogP contribution in [0.4, 0.5) is 0 Å². The first-order chi connectivity index (χ1) is 12.9. The summed E-state index contributed by atoms with van der Waals surface area (Å²) in [6.45, 7) is 1.69. The molecule has 1 amide bonds. The maximum absolute atomic E-state index is 12.2. The molecule has 0 aliphatic heterocycles. The molecule has 2 aromatic carbocycles. The number of aliphatic carboxylic acids is 1. The van der Waals surface area contributed by atoms with Crippen molar-refractivity contribution in [2.75, 3.05) is 20.8 Å². The highest BCUT2D eigenvalue weighted by atomic mass is 16.5. The second kappa shape index (κ2) is 9.47. The molecule has 2 rings (SSSR count). The first-order valence-electron chi connectivity index (χ1n) is 8.37. The van der Waals surface area contributed by atoms with E-state index in [-0.39, 0.29) is 25.0 Å². The number of hydrogen-bond acceptors (Lipinski definition) is 5. The summed E-state index contributed by atoms with van der Waals surface area (Å²) < 4.78 is 16.0. The molecule has 0 aromatic heterocycles. The smallest absolute Gasteiger partial charge is 0.307 e. The van der Waals surface area contributed by atoms with Crippen LogP contribution in [0.25, 0.3) is 0 Å². The Morgan fingerprint density at radius 3 is 2.30 bits per heavy atom. The van der Waals surface area contributed by atoms with Crippen LogP contribution in [-0.4, -0.2) is 37.8 Å². The number of benzene rings is 2. The lowest BCUT2D eigenvalue weighted by Gasteiger charge is -2.18. The van der Waals surface area contributed by atoms with Gasteiger partial charge in [-0.3, -0.25) is 9.59 Å². The van der Waals surface area contributed by atoms with Gasteiger partial charge < -0.3 is 24.6 Å². The van der Waals surface area contributed by atoms with Crippen LogP contribution in [0.2, 0.25) is 0 Å². The molecular weight excluding hydrogens is 350 g/mol. The summed E-state index contributed by atoms with van der Waals surface area (Å²) in [6.07, 6.45) is -0.0549. The van der Waals surface area contributed by atoms with Crippen LogP contribution < -0.4 is 19.5 Å². The highest BCUT2D eigenvalue weighted by molar-refractivity contribution is 5.78. The van der Waals surface area contributed by atoms with Gasteiger partial charge in [-0.25, -0.2) is 0 Å². The predicted molar refractivity (Wildman–Crippen MR) is 99.4 cm³/mol. The van der Waals surface area contributed by atoms with Crippen LogP contribution >= 0.6 is 0 Å². The van der Waals surface area contributed by atoms with Crippen molar-refractivity contribution in [2.24, 2.45) is 0 Å². The Morgan fingerprint density at radius 2 is 1.70 bits per heavy atom. The minimum Gasteiger partial charge on any atom is -0.497 e. The Morgan fingerprint density at radius 1 is 1.04 bits per heavy atom. The number of rotatable bonds is 9. The third-order valence-electron chi connectivity index (χ3n) is 3.93. The Balaban J connectivity index is 1.92. The van der Waals surface area contributed by atoms with Crippen molar-refractivity contribution in [3.8, 4) is 17.2 Å². The van der Waals surface area contributed by atoms with E-state index in [4.69, 9.17) is 19.3 Å². The first kappa shape index (κ1) is 20.1. The van der Waals surface area contributed by atoms with Crippen LogP contribution in [-0.2, 0) is 16.0 Å². The lowest BCUT2D eigenvalue weighted by molar-refractivity contribution is -0.136. The zero-order chi connectivity index (χ0) is 19.8. The third kappa shape index (κ3) is 5.91. The van der Waals surface area contributed by atoms with E-state index in [0.29, 0.717) is 22.8 Å². The quantitative estimate of drug-likeness (QED) is 0.702. The second-order valence-electron chi connectivity index (χ2n) is 5.90. The predicted octanol–water partition coefficient (Wildman–Crippen LogP) is 2.59. The number of carbonyl (C=O) groups excluding carboxylic acids is 1. The van der Waals surface area contributed by atoms with Gasteiger partial charge in [0.2, 0.25) is 0 Å². The fourth-order valence-corrected chi connectivity index (χ4v) is 2.57. The van der Waals surface area contributed by atoms with Gasteiger partial charge in [0.1, 0.15) is 17.2 Å². The monoisotopic (exact) mass is 373 g/mol. The number of nitrogens with one attached hydrogen (secondary N) is 1. The van der Waals surface area contributed by atoms with E-state index < -0.39 is 5.97 Å². The van der Waals surface area contributed by atoms with Crippen LogP contribution in [0.3, 0.4) is 0 Å².